The van der Waals surface area contributed by atoms with Gasteiger partial charge in [-0.1, -0.05) is 6.92 Å². The van der Waals surface area contributed by atoms with Crippen LogP contribution >= 0.6 is 11.6 Å². The summed E-state index contributed by atoms with van der Waals surface area (Å²) >= 11 is 6.32. The van der Waals surface area contributed by atoms with Crippen LogP contribution in [-0.4, -0.2) is 38.6 Å². The number of likely N-dealkylation sites (N-methyl/N-ethyl adjacent to an activating group) is 1. The molecule has 3 heterocycles. The van der Waals surface area contributed by atoms with Crippen molar-refractivity contribution in [1.82, 2.24) is 19.4 Å². The molecule has 0 radical (unpaired) electrons. The zero-order valence-corrected chi connectivity index (χ0v) is 12.8. The lowest BCUT2D eigenvalue weighted by atomic mass is 10.2. The number of pyridine rings is 1. The molecule has 1 aliphatic heterocycles. The Hall–Kier alpha value is -1.13. The first kappa shape index (κ1) is 13.8. The van der Waals surface area contributed by atoms with Crippen LogP contribution in [0.25, 0.3) is 11.0 Å². The van der Waals surface area contributed by atoms with Crippen LogP contribution in [0.2, 0.25) is 0 Å². The van der Waals surface area contributed by atoms with Crippen molar-refractivity contribution in [2.24, 2.45) is 0 Å². The van der Waals surface area contributed by atoms with Crippen LogP contribution in [-0.2, 0) is 6.54 Å². The molecule has 2 aromatic rings. The monoisotopic (exact) mass is 292 g/mol. The van der Waals surface area contributed by atoms with Gasteiger partial charge in [-0.25, -0.2) is 4.98 Å². The average molecular weight is 293 g/mol. The predicted molar refractivity (Wildman–Crippen MR) is 82.1 cm³/mol. The number of nitrogens with zero attached hydrogens (tertiary/aromatic N) is 4. The van der Waals surface area contributed by atoms with E-state index in [4.69, 9.17) is 11.6 Å². The van der Waals surface area contributed by atoms with Gasteiger partial charge in [0.25, 0.3) is 0 Å². The maximum Gasteiger partial charge on any atom is 0.127 e. The number of hydrogen-bond donors (Lipinski definition) is 0. The molecule has 0 saturated carbocycles. The second-order valence-electron chi connectivity index (χ2n) is 5.49. The van der Waals surface area contributed by atoms with Crippen LogP contribution in [0.15, 0.2) is 18.5 Å². The van der Waals surface area contributed by atoms with Crippen molar-refractivity contribution in [3.8, 4) is 0 Å². The van der Waals surface area contributed by atoms with E-state index in [1.54, 1.807) is 0 Å². The summed E-state index contributed by atoms with van der Waals surface area (Å²) in [6.07, 6.45) is 6.20. The smallest absolute Gasteiger partial charge is 0.127 e. The summed E-state index contributed by atoms with van der Waals surface area (Å²) in [5, 5.41) is -0.0844. The quantitative estimate of drug-likeness (QED) is 0.812. The Morgan fingerprint density at radius 2 is 2.35 bits per heavy atom. The van der Waals surface area contributed by atoms with Crippen LogP contribution < -0.4 is 0 Å². The normalized spacial score (nSPS) is 21.6. The Labute approximate surface area is 124 Å². The highest BCUT2D eigenvalue weighted by molar-refractivity contribution is 6.20. The summed E-state index contributed by atoms with van der Waals surface area (Å²) in [4.78, 5) is 11.4. The summed E-state index contributed by atoms with van der Waals surface area (Å²) in [6, 6.07) is 2.64. The molecule has 1 fully saturated rings. The number of fused-ring (bicyclic) bond motifs is 1. The second kappa shape index (κ2) is 5.70. The third kappa shape index (κ3) is 2.42. The van der Waals surface area contributed by atoms with E-state index in [1.807, 2.05) is 25.4 Å². The number of hydrogen-bond acceptors (Lipinski definition) is 3. The zero-order valence-electron chi connectivity index (χ0n) is 12.1. The molecule has 2 aromatic heterocycles. The molecule has 0 N–H and O–H groups in total. The van der Waals surface area contributed by atoms with E-state index >= 15 is 0 Å². The number of rotatable bonds is 4. The lowest BCUT2D eigenvalue weighted by molar-refractivity contribution is 0.244. The van der Waals surface area contributed by atoms with E-state index in [9.17, 15) is 0 Å². The fraction of sp³-hybridized carbons (Fsp3) is 0.600. The molecule has 2 unspecified atom stereocenters. The molecule has 0 amide bonds. The van der Waals surface area contributed by atoms with Crippen LogP contribution in [0.1, 0.15) is 37.9 Å². The van der Waals surface area contributed by atoms with Gasteiger partial charge in [0, 0.05) is 18.8 Å². The van der Waals surface area contributed by atoms with Crippen molar-refractivity contribution in [2.75, 3.05) is 13.1 Å². The number of halogens is 1. The molecule has 5 heteroatoms. The molecule has 1 aliphatic rings. The van der Waals surface area contributed by atoms with E-state index in [2.05, 4.69) is 26.4 Å². The van der Waals surface area contributed by atoms with Gasteiger partial charge in [-0.15, -0.1) is 11.6 Å². The average Bonchev–Trinajstić information content (AvgIpc) is 3.04. The van der Waals surface area contributed by atoms with Gasteiger partial charge in [0.15, 0.2) is 0 Å². The third-order valence-corrected chi connectivity index (χ3v) is 4.43. The van der Waals surface area contributed by atoms with Crippen molar-refractivity contribution in [1.29, 1.82) is 0 Å². The first-order chi connectivity index (χ1) is 9.70. The number of imidazole rings is 1. The van der Waals surface area contributed by atoms with E-state index in [0.717, 1.165) is 29.9 Å². The van der Waals surface area contributed by atoms with Crippen LogP contribution in [0, 0.1) is 0 Å². The Kier molecular flexibility index (Phi) is 3.94. The number of alkyl halides is 1. The summed E-state index contributed by atoms with van der Waals surface area (Å²) in [7, 11) is 0. The predicted octanol–water partition coefficient (Wildman–Crippen LogP) is 3.22. The standard InChI is InChI=1S/C15H21ClN4/c1-3-19-8-4-5-12(19)10-20-14-6-7-17-9-13(14)18-15(20)11(2)16/h6-7,9,11-12H,3-5,8,10H2,1-2H3. The Balaban J connectivity index is 1.98. The van der Waals surface area contributed by atoms with E-state index in [1.165, 1.54) is 19.4 Å². The highest BCUT2D eigenvalue weighted by Crippen LogP contribution is 2.27. The molecular weight excluding hydrogens is 272 g/mol. The first-order valence-corrected chi connectivity index (χ1v) is 7.82. The number of aromatic nitrogens is 3. The third-order valence-electron chi connectivity index (χ3n) is 4.23. The maximum absolute atomic E-state index is 6.32. The summed E-state index contributed by atoms with van der Waals surface area (Å²) in [6.45, 7) is 7.52. The van der Waals surface area contributed by atoms with E-state index in [-0.39, 0.29) is 5.38 Å². The van der Waals surface area contributed by atoms with Crippen molar-refractivity contribution in [3.05, 3.63) is 24.3 Å². The molecule has 0 aliphatic carbocycles. The van der Waals surface area contributed by atoms with Crippen LogP contribution in [0.5, 0.6) is 0 Å². The molecule has 108 valence electrons. The molecule has 0 bridgehead atoms. The molecular formula is C15H21ClN4. The van der Waals surface area contributed by atoms with Crippen molar-refractivity contribution in [2.45, 2.75) is 44.7 Å². The molecule has 1 saturated heterocycles. The SMILES string of the molecule is CCN1CCCC1Cn1c(C(C)Cl)nc2cnccc21. The van der Waals surface area contributed by atoms with Gasteiger partial charge >= 0.3 is 0 Å². The minimum Gasteiger partial charge on any atom is -0.325 e. The molecule has 0 aromatic carbocycles. The Morgan fingerprint density at radius 1 is 1.50 bits per heavy atom. The minimum absolute atomic E-state index is 0.0844. The number of likely N-dealkylation sites (tertiary alicyclic amines) is 1. The van der Waals surface area contributed by atoms with Gasteiger partial charge in [0.2, 0.25) is 0 Å². The fourth-order valence-electron chi connectivity index (χ4n) is 3.22. The molecule has 4 nitrogen and oxygen atoms in total. The lowest BCUT2D eigenvalue weighted by Gasteiger charge is -2.24. The van der Waals surface area contributed by atoms with Crippen molar-refractivity contribution in [3.63, 3.8) is 0 Å². The van der Waals surface area contributed by atoms with Gasteiger partial charge in [0.1, 0.15) is 11.3 Å². The summed E-state index contributed by atoms with van der Waals surface area (Å²) in [5.74, 6) is 0.956. The largest absolute Gasteiger partial charge is 0.325 e. The summed E-state index contributed by atoms with van der Waals surface area (Å²) < 4.78 is 2.29. The zero-order chi connectivity index (χ0) is 14.1. The van der Waals surface area contributed by atoms with Crippen molar-refractivity contribution < 1.29 is 0 Å². The van der Waals surface area contributed by atoms with Crippen LogP contribution in [0.4, 0.5) is 0 Å². The summed E-state index contributed by atoms with van der Waals surface area (Å²) in [5.41, 5.74) is 2.08. The highest BCUT2D eigenvalue weighted by atomic mass is 35.5. The van der Waals surface area contributed by atoms with Crippen molar-refractivity contribution >= 4 is 22.6 Å². The van der Waals surface area contributed by atoms with Gasteiger partial charge in [-0.2, -0.15) is 0 Å². The van der Waals surface area contributed by atoms with Gasteiger partial charge in [-0.05, 0) is 38.9 Å². The first-order valence-electron chi connectivity index (χ1n) is 7.39. The molecule has 20 heavy (non-hydrogen) atoms. The van der Waals surface area contributed by atoms with Gasteiger partial charge in [0.05, 0.1) is 17.1 Å². The Morgan fingerprint density at radius 3 is 3.10 bits per heavy atom. The highest BCUT2D eigenvalue weighted by Gasteiger charge is 2.25. The Bertz CT molecular complexity index is 593. The molecule has 3 rings (SSSR count). The van der Waals surface area contributed by atoms with Gasteiger partial charge < -0.3 is 4.57 Å². The van der Waals surface area contributed by atoms with Crippen LogP contribution in [0.3, 0.4) is 0 Å². The lowest BCUT2D eigenvalue weighted by Crippen LogP contribution is -2.33. The fourth-order valence-corrected chi connectivity index (χ4v) is 3.39. The van der Waals surface area contributed by atoms with E-state index in [0.29, 0.717) is 6.04 Å². The molecule has 2 atom stereocenters. The second-order valence-corrected chi connectivity index (χ2v) is 6.14. The maximum atomic E-state index is 6.32. The molecule has 0 spiro atoms. The topological polar surface area (TPSA) is 34.0 Å². The van der Waals surface area contributed by atoms with E-state index < -0.39 is 0 Å². The minimum atomic E-state index is -0.0844. The van der Waals surface area contributed by atoms with Gasteiger partial charge in [-0.3, -0.25) is 9.88 Å².